The molecule has 0 spiro atoms. The predicted molar refractivity (Wildman–Crippen MR) is 92.7 cm³/mol. The van der Waals surface area contributed by atoms with Gasteiger partial charge in [-0.2, -0.15) is 5.10 Å². The molecule has 4 nitrogen and oxygen atoms in total. The molecular weight excluding hydrogens is 288 g/mol. The van der Waals surface area contributed by atoms with Crippen molar-refractivity contribution < 1.29 is 9.53 Å². The zero-order valence-electron chi connectivity index (χ0n) is 13.6. The molecule has 1 N–H and O–H groups in total. The van der Waals surface area contributed by atoms with Crippen LogP contribution in [0.1, 0.15) is 31.4 Å². The Morgan fingerprint density at radius 2 is 1.78 bits per heavy atom. The van der Waals surface area contributed by atoms with Crippen LogP contribution in [0.5, 0.6) is 5.75 Å². The Morgan fingerprint density at radius 1 is 1.09 bits per heavy atom. The fraction of sp³-hybridized carbons (Fsp3) is 0.263. The highest BCUT2D eigenvalue weighted by molar-refractivity contribution is 5.99. The number of carbonyl (C=O) groups excluding carboxylic acids is 1. The number of nitrogens with one attached hydrogen (secondary N) is 1. The van der Waals surface area contributed by atoms with Crippen molar-refractivity contribution in [3.63, 3.8) is 0 Å². The van der Waals surface area contributed by atoms with Crippen LogP contribution in [-0.2, 0) is 11.2 Å². The highest BCUT2D eigenvalue weighted by Crippen LogP contribution is 2.08. The maximum atomic E-state index is 11.7. The molecule has 0 saturated heterocycles. The zero-order chi connectivity index (χ0) is 16.5. The monoisotopic (exact) mass is 310 g/mol. The summed E-state index contributed by atoms with van der Waals surface area (Å²) in [5.41, 5.74) is 5.58. The van der Waals surface area contributed by atoms with E-state index in [-0.39, 0.29) is 12.5 Å². The highest BCUT2D eigenvalue weighted by atomic mass is 16.5. The van der Waals surface area contributed by atoms with Crippen molar-refractivity contribution in [1.82, 2.24) is 5.43 Å². The van der Waals surface area contributed by atoms with Gasteiger partial charge in [-0.25, -0.2) is 5.43 Å². The van der Waals surface area contributed by atoms with Crippen LogP contribution in [0.25, 0.3) is 0 Å². The molecule has 0 bridgehead atoms. The maximum absolute atomic E-state index is 11.7. The Morgan fingerprint density at radius 3 is 2.43 bits per heavy atom. The number of para-hydroxylation sites is 1. The van der Waals surface area contributed by atoms with Crippen molar-refractivity contribution in [1.29, 1.82) is 0 Å². The zero-order valence-corrected chi connectivity index (χ0v) is 13.6. The smallest absolute Gasteiger partial charge is 0.277 e. The number of carbonyl (C=O) groups is 1. The Labute approximate surface area is 137 Å². The van der Waals surface area contributed by atoms with Gasteiger partial charge in [0.05, 0.1) is 5.71 Å². The minimum atomic E-state index is -0.282. The third kappa shape index (κ3) is 5.58. The average molecular weight is 310 g/mol. The van der Waals surface area contributed by atoms with Gasteiger partial charge in [0.25, 0.3) is 5.91 Å². The van der Waals surface area contributed by atoms with Crippen LogP contribution in [0, 0.1) is 0 Å². The molecule has 4 heteroatoms. The molecule has 0 radical (unpaired) electrons. The summed E-state index contributed by atoms with van der Waals surface area (Å²) in [5, 5.41) is 4.12. The number of hydrogen-bond donors (Lipinski definition) is 1. The van der Waals surface area contributed by atoms with Gasteiger partial charge < -0.3 is 4.74 Å². The summed E-state index contributed by atoms with van der Waals surface area (Å²) in [6, 6.07) is 17.5. The Bertz CT molecular complexity index is 649. The molecular formula is C19H22N2O2. The first-order chi connectivity index (χ1) is 11.2. The standard InChI is InChI=1S/C19H22N2O2/c1-3-7-16-10-12-17(13-11-16)15(2)20-21-19(22)14-23-18-8-5-4-6-9-18/h4-6,8-13H,3,7,14H2,1-2H3,(H,21,22)/b20-15+. The molecule has 120 valence electrons. The summed E-state index contributed by atoms with van der Waals surface area (Å²) in [6.07, 6.45) is 2.20. The molecule has 23 heavy (non-hydrogen) atoms. The number of nitrogens with zero attached hydrogens (tertiary/aromatic N) is 1. The lowest BCUT2D eigenvalue weighted by atomic mass is 10.1. The first kappa shape index (κ1) is 16.7. The predicted octanol–water partition coefficient (Wildman–Crippen LogP) is 3.56. The molecule has 0 heterocycles. The third-order valence-corrected chi connectivity index (χ3v) is 3.37. The van der Waals surface area contributed by atoms with Crippen molar-refractivity contribution in [3.05, 3.63) is 65.7 Å². The molecule has 0 saturated carbocycles. The number of aryl methyl sites for hydroxylation is 1. The van der Waals surface area contributed by atoms with Crippen molar-refractivity contribution in [2.24, 2.45) is 5.10 Å². The fourth-order valence-electron chi connectivity index (χ4n) is 2.11. The lowest BCUT2D eigenvalue weighted by Crippen LogP contribution is -2.25. The van der Waals surface area contributed by atoms with Gasteiger partial charge in [-0.15, -0.1) is 0 Å². The maximum Gasteiger partial charge on any atom is 0.277 e. The van der Waals surface area contributed by atoms with E-state index in [9.17, 15) is 4.79 Å². The van der Waals surface area contributed by atoms with Crippen LogP contribution in [0.2, 0.25) is 0 Å². The van der Waals surface area contributed by atoms with Crippen molar-refractivity contribution >= 4 is 11.6 Å². The van der Waals surface area contributed by atoms with Gasteiger partial charge in [0.2, 0.25) is 0 Å². The van der Waals surface area contributed by atoms with Crippen LogP contribution in [0.4, 0.5) is 0 Å². The molecule has 0 fully saturated rings. The lowest BCUT2D eigenvalue weighted by molar-refractivity contribution is -0.123. The molecule has 2 aromatic carbocycles. The first-order valence-corrected chi connectivity index (χ1v) is 7.79. The van der Waals surface area contributed by atoms with Crippen LogP contribution >= 0.6 is 0 Å². The molecule has 0 unspecified atom stereocenters. The fourth-order valence-corrected chi connectivity index (χ4v) is 2.11. The second-order valence-electron chi connectivity index (χ2n) is 5.28. The largest absolute Gasteiger partial charge is 0.484 e. The Kier molecular flexibility index (Phi) is 6.36. The number of benzene rings is 2. The molecule has 1 amide bonds. The van der Waals surface area contributed by atoms with Gasteiger partial charge in [-0.1, -0.05) is 55.8 Å². The lowest BCUT2D eigenvalue weighted by Gasteiger charge is -2.06. The van der Waals surface area contributed by atoms with Crippen molar-refractivity contribution in [2.45, 2.75) is 26.7 Å². The van der Waals surface area contributed by atoms with E-state index in [1.165, 1.54) is 5.56 Å². The molecule has 0 aliphatic rings. The van der Waals surface area contributed by atoms with E-state index in [0.717, 1.165) is 24.1 Å². The number of hydrazone groups is 1. The van der Waals surface area contributed by atoms with Crippen molar-refractivity contribution in [3.8, 4) is 5.75 Å². The topological polar surface area (TPSA) is 50.7 Å². The second-order valence-corrected chi connectivity index (χ2v) is 5.28. The number of hydrogen-bond acceptors (Lipinski definition) is 3. The normalized spacial score (nSPS) is 11.1. The summed E-state index contributed by atoms with van der Waals surface area (Å²) in [7, 11) is 0. The first-order valence-electron chi connectivity index (χ1n) is 7.79. The van der Waals surface area contributed by atoms with E-state index in [2.05, 4.69) is 29.6 Å². The summed E-state index contributed by atoms with van der Waals surface area (Å²) in [4.78, 5) is 11.7. The minimum Gasteiger partial charge on any atom is -0.484 e. The summed E-state index contributed by atoms with van der Waals surface area (Å²) in [6.45, 7) is 3.97. The van der Waals surface area contributed by atoms with Crippen LogP contribution in [0.3, 0.4) is 0 Å². The van der Waals surface area contributed by atoms with E-state index in [4.69, 9.17) is 4.74 Å². The summed E-state index contributed by atoms with van der Waals surface area (Å²) < 4.78 is 5.37. The molecule has 0 aliphatic heterocycles. The third-order valence-electron chi connectivity index (χ3n) is 3.37. The minimum absolute atomic E-state index is 0.0593. The molecule has 0 atom stereocenters. The number of ether oxygens (including phenoxy) is 1. The van der Waals surface area contributed by atoms with E-state index in [1.54, 1.807) is 12.1 Å². The van der Waals surface area contributed by atoms with Gasteiger partial charge >= 0.3 is 0 Å². The second kappa shape index (κ2) is 8.73. The summed E-state index contributed by atoms with van der Waals surface area (Å²) in [5.74, 6) is 0.380. The van der Waals surface area contributed by atoms with Crippen LogP contribution in [-0.4, -0.2) is 18.2 Å². The molecule has 0 aliphatic carbocycles. The van der Waals surface area contributed by atoms with E-state index >= 15 is 0 Å². The quantitative estimate of drug-likeness (QED) is 0.628. The van der Waals surface area contributed by atoms with E-state index in [0.29, 0.717) is 5.75 Å². The van der Waals surface area contributed by atoms with Gasteiger partial charge in [0.15, 0.2) is 6.61 Å². The molecule has 0 aromatic heterocycles. The van der Waals surface area contributed by atoms with Crippen LogP contribution in [0.15, 0.2) is 59.7 Å². The number of rotatable bonds is 7. The van der Waals surface area contributed by atoms with Crippen molar-refractivity contribution in [2.75, 3.05) is 6.61 Å². The van der Waals surface area contributed by atoms with Gasteiger partial charge in [0.1, 0.15) is 5.75 Å². The SMILES string of the molecule is CCCc1ccc(/C(C)=N/NC(=O)COc2ccccc2)cc1. The van der Waals surface area contributed by atoms with E-state index in [1.807, 2.05) is 37.3 Å². The van der Waals surface area contributed by atoms with Gasteiger partial charge in [-0.3, -0.25) is 4.79 Å². The highest BCUT2D eigenvalue weighted by Gasteiger charge is 2.03. The van der Waals surface area contributed by atoms with E-state index < -0.39 is 0 Å². The number of amides is 1. The van der Waals surface area contributed by atoms with Gasteiger partial charge in [-0.05, 0) is 36.6 Å². The van der Waals surface area contributed by atoms with Gasteiger partial charge in [0, 0.05) is 0 Å². The van der Waals surface area contributed by atoms with Crippen LogP contribution < -0.4 is 10.2 Å². The Balaban J connectivity index is 1.84. The summed E-state index contributed by atoms with van der Waals surface area (Å²) >= 11 is 0. The molecule has 2 aromatic rings. The molecule has 2 rings (SSSR count). The Hall–Kier alpha value is -2.62. The average Bonchev–Trinajstić information content (AvgIpc) is 2.59.